The van der Waals surface area contributed by atoms with Gasteiger partial charge in [-0.2, -0.15) is 22.0 Å². The maximum Gasteiger partial charge on any atom is 0.456 e. The van der Waals surface area contributed by atoms with Crippen molar-refractivity contribution in [2.45, 2.75) is 114 Å². The normalized spacial score (nSPS) is 39.5. The standard InChI is InChI=1S/C32H42F5NO4/c1-26(2)17-41-29(42-18-26)12-9-24-25-21(8-11-28(24,39)16-29)23-10-13-30(40,31(33,34)32(35,36)37)27(23,3)14-22(25)20-6-4-19(15-38)5-7-20/h4-7,21-23,39-40H,8-18,38H2,1-3H3/t21-,22+,23-,27-,28+,30-/m0/s1. The lowest BCUT2D eigenvalue weighted by Crippen LogP contribution is -2.65. The van der Waals surface area contributed by atoms with Crippen LogP contribution in [0.3, 0.4) is 0 Å². The van der Waals surface area contributed by atoms with Crippen LogP contribution in [0.1, 0.15) is 89.2 Å². The van der Waals surface area contributed by atoms with Gasteiger partial charge in [-0.3, -0.25) is 0 Å². The highest BCUT2D eigenvalue weighted by Gasteiger charge is 2.79. The van der Waals surface area contributed by atoms with Gasteiger partial charge in [0.2, 0.25) is 0 Å². The zero-order chi connectivity index (χ0) is 30.6. The number of halogens is 5. The van der Waals surface area contributed by atoms with Crippen molar-refractivity contribution in [1.29, 1.82) is 0 Å². The average Bonchev–Trinajstić information content (AvgIpc) is 3.20. The van der Waals surface area contributed by atoms with E-state index in [-0.39, 0.29) is 30.6 Å². The molecule has 6 rings (SSSR count). The van der Waals surface area contributed by atoms with Gasteiger partial charge in [-0.15, -0.1) is 0 Å². The summed E-state index contributed by atoms with van der Waals surface area (Å²) < 4.78 is 84.3. The van der Waals surface area contributed by atoms with E-state index in [0.29, 0.717) is 45.4 Å². The van der Waals surface area contributed by atoms with Crippen molar-refractivity contribution in [3.63, 3.8) is 0 Å². The smallest absolute Gasteiger partial charge is 0.385 e. The van der Waals surface area contributed by atoms with Crippen LogP contribution in [0.2, 0.25) is 0 Å². The van der Waals surface area contributed by atoms with Crippen molar-refractivity contribution in [3.8, 4) is 0 Å². The molecule has 4 fully saturated rings. The number of allylic oxidation sites excluding steroid dienone is 1. The minimum atomic E-state index is -5.88. The molecule has 1 saturated heterocycles. The first kappa shape index (κ1) is 30.4. The van der Waals surface area contributed by atoms with Crippen LogP contribution in [0.5, 0.6) is 0 Å². The molecule has 10 heteroatoms. The van der Waals surface area contributed by atoms with E-state index in [1.54, 1.807) is 0 Å². The van der Waals surface area contributed by atoms with Gasteiger partial charge in [0.1, 0.15) is 5.60 Å². The SMILES string of the molecule is CC1(C)COC2(CCC3=C4[C@@H](CC[C@@]3(O)C2)[C@@H]2CC[C@@](O)(C(F)(F)C(F)(F)F)[C@@]2(C)C[C@@H]4c2ccc(CN)cc2)OC1. The van der Waals surface area contributed by atoms with Gasteiger partial charge in [0.05, 0.1) is 18.8 Å². The van der Waals surface area contributed by atoms with E-state index in [0.717, 1.165) is 22.3 Å². The van der Waals surface area contributed by atoms with Crippen molar-refractivity contribution in [1.82, 2.24) is 0 Å². The summed E-state index contributed by atoms with van der Waals surface area (Å²) in [5, 5.41) is 23.7. The summed E-state index contributed by atoms with van der Waals surface area (Å²) in [5.41, 5.74) is 2.89. The number of hydrogen-bond acceptors (Lipinski definition) is 5. The van der Waals surface area contributed by atoms with Crippen LogP contribution >= 0.6 is 0 Å². The fourth-order valence-corrected chi connectivity index (χ4v) is 9.19. The Morgan fingerprint density at radius 3 is 2.17 bits per heavy atom. The van der Waals surface area contributed by atoms with Crippen molar-refractivity contribution in [2.24, 2.45) is 28.4 Å². The van der Waals surface area contributed by atoms with Crippen LogP contribution < -0.4 is 5.73 Å². The van der Waals surface area contributed by atoms with Crippen LogP contribution in [0, 0.1) is 22.7 Å². The summed E-state index contributed by atoms with van der Waals surface area (Å²) in [6.45, 7) is 6.84. The molecular formula is C32H42F5NO4. The first-order chi connectivity index (χ1) is 19.4. The highest BCUT2D eigenvalue weighted by Crippen LogP contribution is 2.71. The largest absolute Gasteiger partial charge is 0.456 e. The fraction of sp³-hybridized carbons (Fsp3) is 0.750. The molecule has 4 aliphatic carbocycles. The van der Waals surface area contributed by atoms with Gasteiger partial charge < -0.3 is 25.4 Å². The number of fused-ring (bicyclic) bond motifs is 4. The third-order valence-electron chi connectivity index (χ3n) is 11.5. The summed E-state index contributed by atoms with van der Waals surface area (Å²) in [6, 6.07) is 7.38. The van der Waals surface area contributed by atoms with Gasteiger partial charge in [-0.1, -0.05) is 50.6 Å². The second-order valence-corrected chi connectivity index (χ2v) is 14.6. The quantitative estimate of drug-likeness (QED) is 0.278. The van der Waals surface area contributed by atoms with E-state index in [9.17, 15) is 23.4 Å². The predicted molar refractivity (Wildman–Crippen MR) is 145 cm³/mol. The maximum atomic E-state index is 15.2. The minimum Gasteiger partial charge on any atom is -0.385 e. The number of nitrogens with two attached hydrogens (primary N) is 1. The lowest BCUT2D eigenvalue weighted by Gasteiger charge is -2.59. The van der Waals surface area contributed by atoms with Crippen LogP contribution in [0.15, 0.2) is 35.4 Å². The molecule has 1 aliphatic heterocycles. The van der Waals surface area contributed by atoms with Gasteiger partial charge in [0.25, 0.3) is 0 Å². The minimum absolute atomic E-state index is 0.0582. The lowest BCUT2D eigenvalue weighted by atomic mass is 9.49. The van der Waals surface area contributed by atoms with E-state index in [2.05, 4.69) is 13.8 Å². The summed E-state index contributed by atoms with van der Waals surface area (Å²) in [4.78, 5) is 0. The highest BCUT2D eigenvalue weighted by molar-refractivity contribution is 5.44. The Balaban J connectivity index is 1.45. The van der Waals surface area contributed by atoms with Crippen LogP contribution in [0.25, 0.3) is 0 Å². The molecule has 42 heavy (non-hydrogen) atoms. The molecule has 5 nitrogen and oxygen atoms in total. The summed E-state index contributed by atoms with van der Waals surface area (Å²) in [6.07, 6.45) is -4.55. The van der Waals surface area contributed by atoms with Crippen LogP contribution in [-0.2, 0) is 16.0 Å². The highest BCUT2D eigenvalue weighted by atomic mass is 19.4. The number of hydrogen-bond donors (Lipinski definition) is 3. The first-order valence-electron chi connectivity index (χ1n) is 15.1. The third kappa shape index (κ3) is 4.25. The summed E-state index contributed by atoms with van der Waals surface area (Å²) in [5.74, 6) is -7.64. The second-order valence-electron chi connectivity index (χ2n) is 14.6. The molecule has 1 aromatic rings. The van der Waals surface area contributed by atoms with Crippen molar-refractivity contribution in [2.75, 3.05) is 13.2 Å². The summed E-state index contributed by atoms with van der Waals surface area (Å²) in [7, 11) is 0. The van der Waals surface area contributed by atoms with Crippen LogP contribution in [0.4, 0.5) is 22.0 Å². The molecule has 0 bridgehead atoms. The Hall–Kier alpha value is -1.59. The van der Waals surface area contributed by atoms with E-state index in [1.165, 1.54) is 6.92 Å². The molecule has 0 radical (unpaired) electrons. The molecule has 0 amide bonds. The van der Waals surface area contributed by atoms with Gasteiger partial charge >= 0.3 is 12.1 Å². The monoisotopic (exact) mass is 599 g/mol. The van der Waals surface area contributed by atoms with Gasteiger partial charge in [0.15, 0.2) is 5.79 Å². The second kappa shape index (κ2) is 9.46. The Morgan fingerprint density at radius 1 is 0.929 bits per heavy atom. The number of ether oxygens (including phenoxy) is 2. The van der Waals surface area contributed by atoms with Crippen molar-refractivity contribution in [3.05, 3.63) is 46.5 Å². The molecule has 6 atom stereocenters. The fourth-order valence-electron chi connectivity index (χ4n) is 9.19. The number of rotatable bonds is 3. The molecular weight excluding hydrogens is 557 g/mol. The predicted octanol–water partition coefficient (Wildman–Crippen LogP) is 6.37. The lowest BCUT2D eigenvalue weighted by molar-refractivity contribution is -0.362. The summed E-state index contributed by atoms with van der Waals surface area (Å²) >= 11 is 0. The van der Waals surface area contributed by atoms with E-state index in [1.807, 2.05) is 24.3 Å². The zero-order valence-electron chi connectivity index (χ0n) is 24.5. The van der Waals surface area contributed by atoms with Crippen LogP contribution in [-0.4, -0.2) is 52.5 Å². The topological polar surface area (TPSA) is 84.9 Å². The molecule has 4 N–H and O–H groups in total. The van der Waals surface area contributed by atoms with Gasteiger partial charge in [-0.25, -0.2) is 0 Å². The molecule has 3 saturated carbocycles. The van der Waals surface area contributed by atoms with Crippen molar-refractivity contribution < 1.29 is 41.6 Å². The Morgan fingerprint density at radius 2 is 1.57 bits per heavy atom. The average molecular weight is 600 g/mol. The van der Waals surface area contributed by atoms with E-state index in [4.69, 9.17) is 15.2 Å². The first-order valence-corrected chi connectivity index (χ1v) is 15.1. The molecule has 0 aromatic heterocycles. The molecule has 5 aliphatic rings. The third-order valence-corrected chi connectivity index (χ3v) is 11.5. The van der Waals surface area contributed by atoms with Gasteiger partial charge in [0, 0.05) is 36.1 Å². The molecule has 1 spiro atoms. The Kier molecular flexibility index (Phi) is 6.85. The van der Waals surface area contributed by atoms with E-state index < -0.39 is 52.8 Å². The maximum absolute atomic E-state index is 15.2. The van der Waals surface area contributed by atoms with E-state index >= 15 is 8.78 Å². The Labute approximate surface area is 243 Å². The van der Waals surface area contributed by atoms with Crippen molar-refractivity contribution >= 4 is 0 Å². The molecule has 1 aromatic carbocycles. The molecule has 234 valence electrons. The molecule has 0 unspecified atom stereocenters. The number of aliphatic hydroxyl groups is 2. The molecule has 1 heterocycles. The van der Waals surface area contributed by atoms with Gasteiger partial charge in [-0.05, 0) is 67.1 Å². The zero-order valence-corrected chi connectivity index (χ0v) is 24.5. The number of alkyl halides is 5. The number of benzene rings is 1. The Bertz CT molecular complexity index is 1250.